The number of methoxy groups -OCH3 is 1. The summed E-state index contributed by atoms with van der Waals surface area (Å²) >= 11 is 3.18. The summed E-state index contributed by atoms with van der Waals surface area (Å²) < 4.78 is 5.15. The maximum atomic E-state index is 11.0. The zero-order valence-corrected chi connectivity index (χ0v) is 8.61. The van der Waals surface area contributed by atoms with Crippen LogP contribution in [0.2, 0.25) is 0 Å². The Hall–Kier alpha value is -0.940. The first-order chi connectivity index (χ1) is 6.15. The lowest BCUT2D eigenvalue weighted by molar-refractivity contribution is -0.142. The summed E-state index contributed by atoms with van der Waals surface area (Å²) in [6.07, 6.45) is 1.57. The minimum atomic E-state index is -0.746. The van der Waals surface area contributed by atoms with E-state index in [9.17, 15) is 4.79 Å². The summed E-state index contributed by atoms with van der Waals surface area (Å²) in [6.45, 7) is 0. The topological polar surface area (TPSA) is 65.2 Å². The molecular formula is C8H9BrN2O2. The second kappa shape index (κ2) is 4.34. The van der Waals surface area contributed by atoms with Crippen LogP contribution in [0.4, 0.5) is 0 Å². The molecule has 13 heavy (non-hydrogen) atoms. The molecule has 0 aliphatic heterocycles. The van der Waals surface area contributed by atoms with Crippen molar-refractivity contribution >= 4 is 21.9 Å². The van der Waals surface area contributed by atoms with Gasteiger partial charge in [0.05, 0.1) is 7.11 Å². The van der Waals surface area contributed by atoms with Gasteiger partial charge in [0.25, 0.3) is 0 Å². The highest BCUT2D eigenvalue weighted by atomic mass is 79.9. The Morgan fingerprint density at radius 2 is 2.46 bits per heavy atom. The van der Waals surface area contributed by atoms with Crippen LogP contribution in [0, 0.1) is 0 Å². The van der Waals surface area contributed by atoms with Gasteiger partial charge in [0.1, 0.15) is 10.6 Å². The third-order valence-corrected chi connectivity index (χ3v) is 2.00. The van der Waals surface area contributed by atoms with Crippen molar-refractivity contribution in [3.05, 3.63) is 28.5 Å². The maximum Gasteiger partial charge on any atom is 0.327 e. The molecule has 0 amide bonds. The van der Waals surface area contributed by atoms with Crippen LogP contribution < -0.4 is 5.73 Å². The fraction of sp³-hybridized carbons (Fsp3) is 0.250. The Bertz CT molecular complexity index is 317. The number of nitrogens with two attached hydrogens (primary N) is 1. The van der Waals surface area contributed by atoms with Gasteiger partial charge in [-0.25, -0.2) is 4.98 Å². The smallest absolute Gasteiger partial charge is 0.327 e. The van der Waals surface area contributed by atoms with Crippen LogP contribution in [0.1, 0.15) is 11.6 Å². The number of hydrogen-bond acceptors (Lipinski definition) is 4. The molecule has 0 spiro atoms. The molecule has 1 rings (SSSR count). The fourth-order valence-corrected chi connectivity index (χ4v) is 1.26. The molecule has 4 nitrogen and oxygen atoms in total. The summed E-state index contributed by atoms with van der Waals surface area (Å²) in [6, 6.07) is 2.61. The van der Waals surface area contributed by atoms with E-state index in [0.29, 0.717) is 10.2 Å². The molecule has 1 atom stereocenters. The molecule has 0 saturated heterocycles. The molecule has 0 fully saturated rings. The standard InChI is InChI=1S/C8H9BrN2O2/c1-13-8(12)7(10)5-2-3-11-6(9)4-5/h2-4,7H,10H2,1H3/t7-/m0/s1. The molecule has 0 unspecified atom stereocenters. The lowest BCUT2D eigenvalue weighted by Gasteiger charge is -2.08. The first kappa shape index (κ1) is 10.1. The molecule has 0 aromatic carbocycles. The van der Waals surface area contributed by atoms with E-state index in [0.717, 1.165) is 0 Å². The number of aromatic nitrogens is 1. The highest BCUT2D eigenvalue weighted by Crippen LogP contribution is 2.14. The minimum Gasteiger partial charge on any atom is -0.468 e. The Balaban J connectivity index is 2.88. The predicted molar refractivity (Wildman–Crippen MR) is 50.9 cm³/mol. The number of halogens is 1. The lowest BCUT2D eigenvalue weighted by Crippen LogP contribution is -2.22. The third kappa shape index (κ3) is 2.50. The molecule has 1 aromatic rings. The van der Waals surface area contributed by atoms with Crippen LogP contribution in [0.15, 0.2) is 22.9 Å². The second-order valence-electron chi connectivity index (χ2n) is 2.41. The van der Waals surface area contributed by atoms with Gasteiger partial charge in [-0.3, -0.25) is 4.79 Å². The van der Waals surface area contributed by atoms with Crippen molar-refractivity contribution in [3.63, 3.8) is 0 Å². The van der Waals surface area contributed by atoms with Crippen molar-refractivity contribution in [2.24, 2.45) is 5.73 Å². The Morgan fingerprint density at radius 1 is 1.77 bits per heavy atom. The predicted octanol–water partition coefficient (Wildman–Crippen LogP) is 1.02. The number of rotatable bonds is 2. The van der Waals surface area contributed by atoms with E-state index in [1.807, 2.05) is 0 Å². The molecule has 1 aromatic heterocycles. The van der Waals surface area contributed by atoms with Crippen LogP contribution in [0.25, 0.3) is 0 Å². The zero-order valence-electron chi connectivity index (χ0n) is 7.03. The minimum absolute atomic E-state index is 0.460. The van der Waals surface area contributed by atoms with Gasteiger partial charge in [0.2, 0.25) is 0 Å². The Kier molecular flexibility index (Phi) is 3.39. The molecule has 0 aliphatic carbocycles. The van der Waals surface area contributed by atoms with Crippen molar-refractivity contribution in [3.8, 4) is 0 Å². The van der Waals surface area contributed by atoms with Crippen LogP contribution in [0.3, 0.4) is 0 Å². The summed E-state index contributed by atoms with van der Waals surface area (Å²) in [5.41, 5.74) is 6.27. The fourth-order valence-electron chi connectivity index (χ4n) is 0.874. The quantitative estimate of drug-likeness (QED) is 0.624. The van der Waals surface area contributed by atoms with Crippen LogP contribution in [-0.2, 0) is 9.53 Å². The number of nitrogens with zero attached hydrogens (tertiary/aromatic N) is 1. The van der Waals surface area contributed by atoms with E-state index in [1.165, 1.54) is 7.11 Å². The zero-order chi connectivity index (χ0) is 9.84. The number of ether oxygens (including phenoxy) is 1. The van der Waals surface area contributed by atoms with Crippen LogP contribution in [-0.4, -0.2) is 18.1 Å². The molecule has 5 heteroatoms. The van der Waals surface area contributed by atoms with Crippen molar-refractivity contribution < 1.29 is 9.53 Å². The van der Waals surface area contributed by atoms with Crippen LogP contribution >= 0.6 is 15.9 Å². The van der Waals surface area contributed by atoms with Gasteiger partial charge >= 0.3 is 5.97 Å². The number of hydrogen-bond donors (Lipinski definition) is 1. The molecule has 70 valence electrons. The third-order valence-electron chi connectivity index (χ3n) is 1.56. The van der Waals surface area contributed by atoms with E-state index >= 15 is 0 Å². The van der Waals surface area contributed by atoms with E-state index < -0.39 is 12.0 Å². The lowest BCUT2D eigenvalue weighted by atomic mass is 10.1. The molecule has 0 bridgehead atoms. The molecular weight excluding hydrogens is 236 g/mol. The van der Waals surface area contributed by atoms with E-state index in [-0.39, 0.29) is 0 Å². The van der Waals surface area contributed by atoms with Gasteiger partial charge in [-0.15, -0.1) is 0 Å². The summed E-state index contributed by atoms with van der Waals surface area (Å²) in [7, 11) is 1.30. The van der Waals surface area contributed by atoms with Gasteiger partial charge in [-0.05, 0) is 33.6 Å². The van der Waals surface area contributed by atoms with Gasteiger partial charge < -0.3 is 10.5 Å². The Morgan fingerprint density at radius 3 is 3.00 bits per heavy atom. The summed E-state index contributed by atoms with van der Waals surface area (Å²) in [5, 5.41) is 0. The molecule has 2 N–H and O–H groups in total. The van der Waals surface area contributed by atoms with Crippen molar-refractivity contribution in [1.82, 2.24) is 4.98 Å². The van der Waals surface area contributed by atoms with E-state index in [1.54, 1.807) is 18.3 Å². The van der Waals surface area contributed by atoms with Crippen molar-refractivity contribution in [2.45, 2.75) is 6.04 Å². The van der Waals surface area contributed by atoms with Crippen molar-refractivity contribution in [1.29, 1.82) is 0 Å². The average molecular weight is 245 g/mol. The normalized spacial score (nSPS) is 12.2. The van der Waals surface area contributed by atoms with Crippen molar-refractivity contribution in [2.75, 3.05) is 7.11 Å². The molecule has 1 heterocycles. The van der Waals surface area contributed by atoms with E-state index in [2.05, 4.69) is 25.7 Å². The molecule has 0 radical (unpaired) electrons. The summed E-state index contributed by atoms with van der Waals surface area (Å²) in [5.74, 6) is -0.460. The number of pyridine rings is 1. The van der Waals surface area contributed by atoms with Gasteiger partial charge in [0.15, 0.2) is 0 Å². The highest BCUT2D eigenvalue weighted by molar-refractivity contribution is 9.10. The Labute approximate surface area is 84.2 Å². The summed E-state index contributed by atoms with van der Waals surface area (Å²) in [4.78, 5) is 15.0. The van der Waals surface area contributed by atoms with Gasteiger partial charge in [-0.1, -0.05) is 0 Å². The number of esters is 1. The molecule has 0 aliphatic rings. The maximum absolute atomic E-state index is 11.0. The second-order valence-corrected chi connectivity index (χ2v) is 3.23. The van der Waals surface area contributed by atoms with Gasteiger partial charge in [0, 0.05) is 6.20 Å². The largest absolute Gasteiger partial charge is 0.468 e. The monoisotopic (exact) mass is 244 g/mol. The van der Waals surface area contributed by atoms with Gasteiger partial charge in [-0.2, -0.15) is 0 Å². The van der Waals surface area contributed by atoms with Crippen LogP contribution in [0.5, 0.6) is 0 Å². The van der Waals surface area contributed by atoms with E-state index in [4.69, 9.17) is 5.73 Å². The highest BCUT2D eigenvalue weighted by Gasteiger charge is 2.15. The first-order valence-electron chi connectivity index (χ1n) is 3.60. The number of carbonyl (C=O) groups excluding carboxylic acids is 1. The average Bonchev–Trinajstić information content (AvgIpc) is 2.15. The molecule has 0 saturated carbocycles. The SMILES string of the molecule is COC(=O)[C@@H](N)c1ccnc(Br)c1. The number of carbonyl (C=O) groups is 1. The first-order valence-corrected chi connectivity index (χ1v) is 4.39.